The molecule has 0 bridgehead atoms. The van der Waals surface area contributed by atoms with Crippen molar-refractivity contribution in [2.75, 3.05) is 19.6 Å². The van der Waals surface area contributed by atoms with Crippen LogP contribution < -0.4 is 5.73 Å². The Hall–Kier alpha value is -1.17. The predicted octanol–water partition coefficient (Wildman–Crippen LogP) is 1.33. The summed E-state index contributed by atoms with van der Waals surface area (Å²) in [5.41, 5.74) is 4.21. The third kappa shape index (κ3) is 3.29. The topological polar surface area (TPSA) is 66.6 Å². The second-order valence-corrected chi connectivity index (χ2v) is 5.63. The van der Waals surface area contributed by atoms with Crippen LogP contribution in [0.3, 0.4) is 0 Å². The maximum atomic E-state index is 13.7. The molecule has 1 unspecified atom stereocenters. The molecule has 3 N–H and O–H groups in total. The summed E-state index contributed by atoms with van der Waals surface area (Å²) in [6.07, 6.45) is 1.49. The zero-order valence-electron chi connectivity index (χ0n) is 11.1. The molecule has 1 aromatic carbocycles. The van der Waals surface area contributed by atoms with Gasteiger partial charge < -0.3 is 10.8 Å². The van der Waals surface area contributed by atoms with Crippen LogP contribution in [0.2, 0.25) is 5.02 Å². The molecule has 1 aliphatic heterocycles. The average molecular weight is 301 g/mol. The van der Waals surface area contributed by atoms with Gasteiger partial charge in [0.05, 0.1) is 0 Å². The van der Waals surface area contributed by atoms with E-state index in [0.29, 0.717) is 36.4 Å². The minimum atomic E-state index is -1.47. The summed E-state index contributed by atoms with van der Waals surface area (Å²) in [5.74, 6) is -1.04. The van der Waals surface area contributed by atoms with Gasteiger partial charge in [-0.1, -0.05) is 17.7 Å². The average Bonchev–Trinajstić information content (AvgIpc) is 2.38. The van der Waals surface area contributed by atoms with Gasteiger partial charge in [0, 0.05) is 23.7 Å². The molecule has 0 aromatic heterocycles. The molecule has 1 atom stereocenters. The van der Waals surface area contributed by atoms with Crippen LogP contribution in [-0.2, 0) is 11.2 Å². The summed E-state index contributed by atoms with van der Waals surface area (Å²) in [7, 11) is 0. The van der Waals surface area contributed by atoms with Crippen molar-refractivity contribution in [1.29, 1.82) is 0 Å². The van der Waals surface area contributed by atoms with Crippen LogP contribution in [0, 0.1) is 5.82 Å². The number of carbonyl (C=O) groups excluding carboxylic acids is 1. The lowest BCUT2D eigenvalue weighted by molar-refractivity contribution is -0.142. The number of hydrogen-bond donors (Lipinski definition) is 2. The fourth-order valence-electron chi connectivity index (χ4n) is 2.56. The van der Waals surface area contributed by atoms with Crippen molar-refractivity contribution in [2.45, 2.75) is 24.9 Å². The molecule has 1 heterocycles. The van der Waals surface area contributed by atoms with Crippen molar-refractivity contribution in [2.24, 2.45) is 5.73 Å². The Kier molecular flexibility index (Phi) is 4.62. The Balaban J connectivity index is 1.99. The van der Waals surface area contributed by atoms with Crippen molar-refractivity contribution in [3.05, 3.63) is 34.6 Å². The molecule has 2 rings (SSSR count). The number of hydrogen-bond acceptors (Lipinski definition) is 3. The van der Waals surface area contributed by atoms with Crippen molar-refractivity contribution in [3.8, 4) is 0 Å². The lowest BCUT2D eigenvalue weighted by Crippen LogP contribution is -2.56. The molecule has 1 fully saturated rings. The third-order valence-electron chi connectivity index (χ3n) is 3.75. The van der Waals surface area contributed by atoms with E-state index in [9.17, 15) is 14.3 Å². The van der Waals surface area contributed by atoms with E-state index >= 15 is 0 Å². The number of aliphatic hydroxyl groups is 1. The minimum Gasteiger partial charge on any atom is -0.379 e. The number of nitrogens with zero attached hydrogens (tertiary/aromatic N) is 1. The maximum Gasteiger partial charge on any atom is 0.250 e. The predicted molar refractivity (Wildman–Crippen MR) is 74.9 cm³/mol. The highest BCUT2D eigenvalue weighted by atomic mass is 35.5. The van der Waals surface area contributed by atoms with Gasteiger partial charge in [0.15, 0.2) is 5.60 Å². The molecule has 20 heavy (non-hydrogen) atoms. The lowest BCUT2D eigenvalue weighted by atomic mass is 9.92. The Labute approximate surface area is 122 Å². The van der Waals surface area contributed by atoms with E-state index in [0.717, 1.165) is 6.54 Å². The van der Waals surface area contributed by atoms with Crippen LogP contribution in [0.15, 0.2) is 18.2 Å². The highest BCUT2D eigenvalue weighted by Gasteiger charge is 2.38. The molecule has 110 valence electrons. The lowest BCUT2D eigenvalue weighted by Gasteiger charge is -2.37. The molecule has 0 radical (unpaired) electrons. The fourth-order valence-corrected chi connectivity index (χ4v) is 2.81. The van der Waals surface area contributed by atoms with E-state index < -0.39 is 11.5 Å². The second-order valence-electron chi connectivity index (χ2n) is 5.23. The van der Waals surface area contributed by atoms with Crippen molar-refractivity contribution in [3.63, 3.8) is 0 Å². The van der Waals surface area contributed by atoms with E-state index in [2.05, 4.69) is 0 Å². The highest BCUT2D eigenvalue weighted by molar-refractivity contribution is 6.31. The summed E-state index contributed by atoms with van der Waals surface area (Å²) in [6.45, 7) is 1.46. The number of carbonyl (C=O) groups is 1. The quantitative estimate of drug-likeness (QED) is 0.882. The number of benzene rings is 1. The van der Waals surface area contributed by atoms with Crippen molar-refractivity contribution >= 4 is 17.5 Å². The number of nitrogens with two attached hydrogens (primary N) is 1. The zero-order valence-corrected chi connectivity index (χ0v) is 11.9. The smallest absolute Gasteiger partial charge is 0.250 e. The van der Waals surface area contributed by atoms with Crippen molar-refractivity contribution in [1.82, 2.24) is 4.90 Å². The highest BCUT2D eigenvalue weighted by Crippen LogP contribution is 2.23. The number of likely N-dealkylation sites (tertiary alicyclic amines) is 1. The van der Waals surface area contributed by atoms with Gasteiger partial charge in [-0.05, 0) is 37.9 Å². The minimum absolute atomic E-state index is 0.189. The first kappa shape index (κ1) is 15.2. The molecular weight excluding hydrogens is 283 g/mol. The first-order valence-corrected chi connectivity index (χ1v) is 6.98. The van der Waals surface area contributed by atoms with Crippen molar-refractivity contribution < 1.29 is 14.3 Å². The van der Waals surface area contributed by atoms with E-state index in [4.69, 9.17) is 17.3 Å². The van der Waals surface area contributed by atoms with Gasteiger partial charge in [0.25, 0.3) is 5.91 Å². The Bertz CT molecular complexity index is 492. The first-order chi connectivity index (χ1) is 9.42. The molecule has 1 aliphatic rings. The van der Waals surface area contributed by atoms with Gasteiger partial charge in [-0.25, -0.2) is 4.39 Å². The molecular formula is C14H18ClFN2O2. The second kappa shape index (κ2) is 6.08. The summed E-state index contributed by atoms with van der Waals surface area (Å²) < 4.78 is 13.7. The standard InChI is InChI=1S/C14H18ClFN2O2/c15-11-3-1-4-12(16)10(11)5-8-18-7-2-6-14(20,9-18)13(17)19/h1,3-4,20H,2,5-9H2,(H2,17,19). The molecule has 0 saturated carbocycles. The molecule has 1 amide bonds. The van der Waals surface area contributed by atoms with Crippen LogP contribution in [0.25, 0.3) is 0 Å². The van der Waals surface area contributed by atoms with Crippen LogP contribution in [0.4, 0.5) is 4.39 Å². The zero-order chi connectivity index (χ0) is 14.8. The molecule has 0 aliphatic carbocycles. The number of piperidine rings is 1. The molecule has 1 saturated heterocycles. The van der Waals surface area contributed by atoms with Gasteiger partial charge in [-0.3, -0.25) is 9.69 Å². The third-order valence-corrected chi connectivity index (χ3v) is 4.10. The van der Waals surface area contributed by atoms with Gasteiger partial charge >= 0.3 is 0 Å². The first-order valence-electron chi connectivity index (χ1n) is 6.60. The summed E-state index contributed by atoms with van der Waals surface area (Å²) in [6, 6.07) is 4.58. The van der Waals surface area contributed by atoms with E-state index in [1.807, 2.05) is 4.90 Å². The van der Waals surface area contributed by atoms with Crippen LogP contribution in [-0.4, -0.2) is 41.1 Å². The number of β-amino-alcohol motifs (C(OH)–C–C–N with tert-alkyl or cyclic N) is 1. The van der Waals surface area contributed by atoms with Crippen LogP contribution in [0.1, 0.15) is 18.4 Å². The molecule has 1 aromatic rings. The summed E-state index contributed by atoms with van der Waals surface area (Å²) in [4.78, 5) is 13.2. The van der Waals surface area contributed by atoms with Gasteiger partial charge in [-0.15, -0.1) is 0 Å². The number of amides is 1. The normalized spacial score (nSPS) is 23.8. The number of halogens is 2. The monoisotopic (exact) mass is 300 g/mol. The van der Waals surface area contributed by atoms with E-state index in [-0.39, 0.29) is 12.4 Å². The van der Waals surface area contributed by atoms with E-state index in [1.54, 1.807) is 12.1 Å². The van der Waals surface area contributed by atoms with Gasteiger partial charge in [-0.2, -0.15) is 0 Å². The Morgan fingerprint density at radius 3 is 2.95 bits per heavy atom. The maximum absolute atomic E-state index is 13.7. The largest absolute Gasteiger partial charge is 0.379 e. The van der Waals surface area contributed by atoms with Gasteiger partial charge in [0.2, 0.25) is 0 Å². The SMILES string of the molecule is NC(=O)C1(O)CCCN(CCc2c(F)cccc2Cl)C1. The summed E-state index contributed by atoms with van der Waals surface area (Å²) in [5, 5.41) is 10.5. The van der Waals surface area contributed by atoms with Crippen LogP contribution >= 0.6 is 11.6 Å². The number of primary amides is 1. The molecule has 0 spiro atoms. The fraction of sp³-hybridized carbons (Fsp3) is 0.500. The molecule has 6 heteroatoms. The summed E-state index contributed by atoms with van der Waals surface area (Å²) >= 11 is 5.97. The Morgan fingerprint density at radius 2 is 2.30 bits per heavy atom. The van der Waals surface area contributed by atoms with Gasteiger partial charge in [0.1, 0.15) is 5.82 Å². The van der Waals surface area contributed by atoms with E-state index in [1.165, 1.54) is 6.07 Å². The number of rotatable bonds is 4. The Morgan fingerprint density at radius 1 is 1.55 bits per heavy atom. The van der Waals surface area contributed by atoms with Crippen LogP contribution in [0.5, 0.6) is 0 Å². The molecule has 4 nitrogen and oxygen atoms in total.